The lowest BCUT2D eigenvalue weighted by Gasteiger charge is -2.28. The predicted octanol–water partition coefficient (Wildman–Crippen LogP) is 15.8. The second-order valence-corrected chi connectivity index (χ2v) is 21.4. The Hall–Kier alpha value is -1.25. The lowest BCUT2D eigenvalue weighted by Crippen LogP contribution is -2.37. The van der Waals surface area contributed by atoms with Crippen LogP contribution in [0.2, 0.25) is 0 Å². The molecule has 0 amide bonds. The monoisotopic (exact) mass is 928 g/mol. The van der Waals surface area contributed by atoms with Gasteiger partial charge in [0.2, 0.25) is 0 Å². The second kappa shape index (κ2) is 46.8. The maximum atomic E-state index is 12.7. The molecule has 0 aromatic rings. The molecule has 0 aromatic carbocycles. The van der Waals surface area contributed by atoms with Gasteiger partial charge >= 0.3 is 11.9 Å². The van der Waals surface area contributed by atoms with E-state index in [1.54, 1.807) is 0 Å². The van der Waals surface area contributed by atoms with Crippen LogP contribution in [0.15, 0.2) is 12.2 Å². The van der Waals surface area contributed by atoms with Crippen LogP contribution in [-0.4, -0.2) is 70.0 Å². The number of allylic oxidation sites excluding steroid dienone is 2. The molecular weight excluding hydrogens is 822 g/mol. The highest BCUT2D eigenvalue weighted by Crippen LogP contribution is 2.38. The summed E-state index contributed by atoms with van der Waals surface area (Å²) >= 11 is 0. The number of esters is 2. The van der Waals surface area contributed by atoms with Gasteiger partial charge in [0, 0.05) is 12.8 Å². The van der Waals surface area contributed by atoms with Gasteiger partial charge in [-0.15, -0.1) is 0 Å². The average molecular weight is 928 g/mol. The molecule has 0 spiro atoms. The van der Waals surface area contributed by atoms with E-state index >= 15 is 0 Å². The molecule has 0 N–H and O–H groups in total. The van der Waals surface area contributed by atoms with E-state index in [9.17, 15) is 19.0 Å². The third-order valence-corrected chi connectivity index (χ3v) is 13.2. The van der Waals surface area contributed by atoms with Crippen LogP contribution in [0, 0.1) is 0 Å². The number of hydrogen-bond acceptors (Lipinski definition) is 8. The summed E-state index contributed by atoms with van der Waals surface area (Å²) in [5, 5.41) is 0. The molecule has 2 unspecified atom stereocenters. The molecular formula is C54H106NO8P. The van der Waals surface area contributed by atoms with E-state index in [1.165, 1.54) is 186 Å². The van der Waals surface area contributed by atoms with Crippen molar-refractivity contribution in [2.45, 2.75) is 277 Å². The number of unbranched alkanes of at least 4 members (excludes halogenated alkanes) is 35. The van der Waals surface area contributed by atoms with Gasteiger partial charge in [0.15, 0.2) is 6.10 Å². The van der Waals surface area contributed by atoms with E-state index in [-0.39, 0.29) is 32.0 Å². The average Bonchev–Trinajstić information content (AvgIpc) is 3.25. The molecule has 64 heavy (non-hydrogen) atoms. The molecule has 0 radical (unpaired) electrons. The smallest absolute Gasteiger partial charge is 0.306 e. The van der Waals surface area contributed by atoms with Gasteiger partial charge in [0.1, 0.15) is 19.8 Å². The van der Waals surface area contributed by atoms with Crippen molar-refractivity contribution < 1.29 is 42.1 Å². The summed E-state index contributed by atoms with van der Waals surface area (Å²) in [5.41, 5.74) is 0. The maximum absolute atomic E-state index is 12.7. The van der Waals surface area contributed by atoms with Crippen LogP contribution in [0.5, 0.6) is 0 Å². The molecule has 0 saturated carbocycles. The predicted molar refractivity (Wildman–Crippen MR) is 268 cm³/mol. The van der Waals surface area contributed by atoms with Crippen LogP contribution in [-0.2, 0) is 32.7 Å². The third kappa shape index (κ3) is 50.2. The molecule has 380 valence electrons. The van der Waals surface area contributed by atoms with Crippen molar-refractivity contribution in [3.05, 3.63) is 12.2 Å². The molecule has 2 atom stereocenters. The van der Waals surface area contributed by atoms with Gasteiger partial charge < -0.3 is 27.9 Å². The van der Waals surface area contributed by atoms with Crippen LogP contribution in [0.25, 0.3) is 0 Å². The summed E-state index contributed by atoms with van der Waals surface area (Å²) in [4.78, 5) is 37.7. The lowest BCUT2D eigenvalue weighted by molar-refractivity contribution is -0.870. The van der Waals surface area contributed by atoms with Crippen LogP contribution in [0.1, 0.15) is 271 Å². The first-order valence-corrected chi connectivity index (χ1v) is 28.9. The zero-order valence-corrected chi connectivity index (χ0v) is 43.9. The Bertz CT molecular complexity index is 1100. The van der Waals surface area contributed by atoms with E-state index in [0.717, 1.165) is 51.4 Å². The van der Waals surface area contributed by atoms with Gasteiger partial charge in [0.25, 0.3) is 7.82 Å². The summed E-state index contributed by atoms with van der Waals surface area (Å²) < 4.78 is 34.1. The highest BCUT2D eigenvalue weighted by Gasteiger charge is 2.21. The van der Waals surface area contributed by atoms with E-state index in [0.29, 0.717) is 17.4 Å². The molecule has 0 saturated heterocycles. The summed E-state index contributed by atoms with van der Waals surface area (Å²) in [6.07, 6.45) is 52.6. The number of ether oxygens (including phenoxy) is 2. The van der Waals surface area contributed by atoms with E-state index in [1.807, 2.05) is 21.1 Å². The molecule has 0 heterocycles. The van der Waals surface area contributed by atoms with Crippen molar-refractivity contribution in [1.82, 2.24) is 0 Å². The van der Waals surface area contributed by atoms with Gasteiger partial charge in [-0.1, -0.05) is 231 Å². The van der Waals surface area contributed by atoms with Gasteiger partial charge in [-0.25, -0.2) is 0 Å². The minimum atomic E-state index is -4.63. The molecule has 0 rings (SSSR count). The number of carbonyl (C=O) groups excluding carboxylic acids is 2. The Morgan fingerprint density at radius 3 is 1.16 bits per heavy atom. The molecule has 10 heteroatoms. The third-order valence-electron chi connectivity index (χ3n) is 12.3. The van der Waals surface area contributed by atoms with E-state index in [4.69, 9.17) is 18.5 Å². The molecule has 0 aromatic heterocycles. The summed E-state index contributed by atoms with van der Waals surface area (Å²) in [5.74, 6) is -0.828. The fourth-order valence-corrected chi connectivity index (χ4v) is 8.73. The van der Waals surface area contributed by atoms with Gasteiger partial charge in [-0.2, -0.15) is 0 Å². The van der Waals surface area contributed by atoms with E-state index in [2.05, 4.69) is 26.0 Å². The lowest BCUT2D eigenvalue weighted by atomic mass is 10.0. The second-order valence-electron chi connectivity index (χ2n) is 20.0. The van der Waals surface area contributed by atoms with Crippen molar-refractivity contribution in [3.8, 4) is 0 Å². The first kappa shape index (κ1) is 62.8. The van der Waals surface area contributed by atoms with E-state index < -0.39 is 26.5 Å². The SMILES string of the molecule is CCCCCCCC/C=C\CCCCCCCC(=O)OC(COC(=O)CCCCCCCCCCCCCCCCCCCCCCCCCCC)COP(=O)([O-])OCC[N+](C)(C)C. The molecule has 0 aliphatic heterocycles. The number of quaternary nitrogens is 1. The van der Waals surface area contributed by atoms with Crippen molar-refractivity contribution in [1.29, 1.82) is 0 Å². The first-order valence-electron chi connectivity index (χ1n) is 27.4. The molecule has 0 bridgehead atoms. The number of rotatable bonds is 51. The zero-order valence-electron chi connectivity index (χ0n) is 43.0. The normalized spacial score (nSPS) is 13.4. The van der Waals surface area contributed by atoms with Crippen molar-refractivity contribution >= 4 is 19.8 Å². The maximum Gasteiger partial charge on any atom is 0.306 e. The quantitative estimate of drug-likeness (QED) is 0.0195. The van der Waals surface area contributed by atoms with Crippen molar-refractivity contribution in [3.63, 3.8) is 0 Å². The van der Waals surface area contributed by atoms with Gasteiger partial charge in [-0.05, 0) is 38.5 Å². The van der Waals surface area contributed by atoms with Crippen LogP contribution < -0.4 is 4.89 Å². The molecule has 0 aliphatic carbocycles. The Balaban J connectivity index is 4.11. The van der Waals surface area contributed by atoms with Gasteiger partial charge in [-0.3, -0.25) is 14.2 Å². The number of hydrogen-bond donors (Lipinski definition) is 0. The highest BCUT2D eigenvalue weighted by molar-refractivity contribution is 7.45. The molecule has 9 nitrogen and oxygen atoms in total. The molecule has 0 fully saturated rings. The number of phosphoric ester groups is 1. The Morgan fingerprint density at radius 2 is 0.797 bits per heavy atom. The largest absolute Gasteiger partial charge is 0.756 e. The standard InChI is InChI=1S/C54H106NO8P/c1-6-8-10-12-14-16-18-20-22-23-24-25-26-27-28-29-30-31-33-34-36-38-40-42-44-46-53(56)60-50-52(51-62-64(58,59)61-49-48-55(3,4)5)63-54(57)47-45-43-41-39-37-35-32-21-19-17-15-13-11-9-7-2/h21,32,52H,6-20,22-31,33-51H2,1-5H3/b32-21-. The van der Waals surface area contributed by atoms with Crippen molar-refractivity contribution in [2.24, 2.45) is 0 Å². The fraction of sp³-hybridized carbons (Fsp3) is 0.926. The first-order chi connectivity index (χ1) is 31.0. The Labute approximate surface area is 396 Å². The van der Waals surface area contributed by atoms with Crippen LogP contribution in [0.3, 0.4) is 0 Å². The molecule has 0 aliphatic rings. The number of carbonyl (C=O) groups is 2. The van der Waals surface area contributed by atoms with Crippen molar-refractivity contribution in [2.75, 3.05) is 47.5 Å². The van der Waals surface area contributed by atoms with Crippen LogP contribution >= 0.6 is 7.82 Å². The summed E-state index contributed by atoms with van der Waals surface area (Å²) in [6.45, 7) is 4.27. The van der Waals surface area contributed by atoms with Gasteiger partial charge in [0.05, 0.1) is 27.7 Å². The number of likely N-dealkylation sites (N-methyl/N-ethyl adjacent to an activating group) is 1. The Morgan fingerprint density at radius 1 is 0.469 bits per heavy atom. The summed E-state index contributed by atoms with van der Waals surface area (Å²) in [6, 6.07) is 0. The van der Waals surface area contributed by atoms with Crippen LogP contribution in [0.4, 0.5) is 0 Å². The number of nitrogens with zero attached hydrogens (tertiary/aromatic N) is 1. The Kier molecular flexibility index (Phi) is 45.9. The zero-order chi connectivity index (χ0) is 47.1. The number of phosphoric acid groups is 1. The summed E-state index contributed by atoms with van der Waals surface area (Å²) in [7, 11) is 1.18. The minimum Gasteiger partial charge on any atom is -0.756 e. The minimum absolute atomic E-state index is 0.0290. The highest BCUT2D eigenvalue weighted by atomic mass is 31.2. The topological polar surface area (TPSA) is 111 Å². The fourth-order valence-electron chi connectivity index (χ4n) is 8.01.